The number of piperazine rings is 1. The smallest absolute Gasteiger partial charge is 0.0626 e. The first-order valence-corrected chi connectivity index (χ1v) is 6.32. The van der Waals surface area contributed by atoms with Gasteiger partial charge in [0.15, 0.2) is 0 Å². The maximum absolute atomic E-state index is 3.98. The Morgan fingerprint density at radius 3 is 2.80 bits per heavy atom. The molecule has 2 heterocycles. The van der Waals surface area contributed by atoms with Gasteiger partial charge >= 0.3 is 0 Å². The summed E-state index contributed by atoms with van der Waals surface area (Å²) in [5.41, 5.74) is 1.39. The first-order valence-electron chi connectivity index (χ1n) is 5.44. The Morgan fingerprint density at radius 1 is 1.53 bits per heavy atom. The van der Waals surface area contributed by atoms with Gasteiger partial charge < -0.3 is 5.32 Å². The minimum absolute atomic E-state index is 0.409. The van der Waals surface area contributed by atoms with E-state index in [1.807, 2.05) is 11.3 Å². The first kappa shape index (κ1) is 10.9. The summed E-state index contributed by atoms with van der Waals surface area (Å²) < 4.78 is 0. The maximum Gasteiger partial charge on any atom is 0.0626 e. The third-order valence-electron chi connectivity index (χ3n) is 2.94. The normalized spacial score (nSPS) is 20.1. The van der Waals surface area contributed by atoms with Crippen molar-refractivity contribution in [2.24, 2.45) is 0 Å². The largest absolute Gasteiger partial charge is 0.314 e. The van der Waals surface area contributed by atoms with Crippen molar-refractivity contribution in [2.45, 2.75) is 13.0 Å². The summed E-state index contributed by atoms with van der Waals surface area (Å²) in [7, 11) is 0. The van der Waals surface area contributed by atoms with Crippen molar-refractivity contribution in [1.82, 2.24) is 10.2 Å². The molecule has 1 N–H and O–H groups in total. The van der Waals surface area contributed by atoms with E-state index < -0.39 is 0 Å². The molecule has 1 fully saturated rings. The number of rotatable bonds is 3. The Kier molecular flexibility index (Phi) is 3.57. The van der Waals surface area contributed by atoms with Crippen LogP contribution in [0.4, 0.5) is 0 Å². The van der Waals surface area contributed by atoms with Crippen molar-refractivity contribution in [3.05, 3.63) is 34.5 Å². The molecule has 15 heavy (non-hydrogen) atoms. The molecule has 3 heteroatoms. The van der Waals surface area contributed by atoms with Gasteiger partial charge in [0.05, 0.1) is 6.04 Å². The Labute approximate surface area is 95.6 Å². The summed E-state index contributed by atoms with van der Waals surface area (Å²) in [5, 5.41) is 5.55. The predicted octanol–water partition coefficient (Wildman–Crippen LogP) is 2.19. The van der Waals surface area contributed by atoms with Crippen LogP contribution in [-0.4, -0.2) is 31.1 Å². The summed E-state index contributed by atoms with van der Waals surface area (Å²) in [6.07, 6.45) is 2.07. The minimum atomic E-state index is 0.409. The van der Waals surface area contributed by atoms with Crippen LogP contribution in [-0.2, 0) is 0 Å². The molecule has 0 amide bonds. The molecule has 1 atom stereocenters. The van der Waals surface area contributed by atoms with Crippen molar-refractivity contribution in [3.8, 4) is 0 Å². The van der Waals surface area contributed by atoms with Crippen molar-refractivity contribution in [1.29, 1.82) is 0 Å². The lowest BCUT2D eigenvalue weighted by molar-refractivity contribution is 0.205. The van der Waals surface area contributed by atoms with E-state index in [0.717, 1.165) is 26.2 Å². The second-order valence-corrected chi connectivity index (χ2v) is 4.88. The lowest BCUT2D eigenvalue weighted by Gasteiger charge is -2.33. The zero-order chi connectivity index (χ0) is 10.7. The summed E-state index contributed by atoms with van der Waals surface area (Å²) in [5.74, 6) is 0. The lowest BCUT2D eigenvalue weighted by Crippen LogP contribution is -2.44. The van der Waals surface area contributed by atoms with Gasteiger partial charge in [-0.1, -0.05) is 6.08 Å². The van der Waals surface area contributed by atoms with Crippen LogP contribution in [0.2, 0.25) is 0 Å². The predicted molar refractivity (Wildman–Crippen MR) is 66.4 cm³/mol. The quantitative estimate of drug-likeness (QED) is 0.789. The zero-order valence-electron chi connectivity index (χ0n) is 9.20. The fourth-order valence-electron chi connectivity index (χ4n) is 2.07. The zero-order valence-corrected chi connectivity index (χ0v) is 10.0. The number of hydrogen-bond donors (Lipinski definition) is 1. The third-order valence-corrected chi connectivity index (χ3v) is 4.03. The average Bonchev–Trinajstić information content (AvgIpc) is 2.68. The molecule has 1 aliphatic rings. The van der Waals surface area contributed by atoms with E-state index in [1.54, 1.807) is 0 Å². The standard InChI is InChI=1S/C12H18N2S/c1-3-11(12-10(2)4-9-15-12)14-7-5-13-6-8-14/h3-4,9,11,13H,1,5-8H2,2H3/t11-/m1/s1. The van der Waals surface area contributed by atoms with Crippen LogP contribution >= 0.6 is 11.3 Å². The number of nitrogens with one attached hydrogen (secondary N) is 1. The van der Waals surface area contributed by atoms with Crippen LogP contribution in [0.15, 0.2) is 24.1 Å². The number of aryl methyl sites for hydroxylation is 1. The molecule has 1 saturated heterocycles. The second-order valence-electron chi connectivity index (χ2n) is 3.93. The van der Waals surface area contributed by atoms with Crippen molar-refractivity contribution in [2.75, 3.05) is 26.2 Å². The van der Waals surface area contributed by atoms with E-state index in [9.17, 15) is 0 Å². The fraction of sp³-hybridized carbons (Fsp3) is 0.500. The molecule has 2 nitrogen and oxygen atoms in total. The molecule has 2 rings (SSSR count). The molecule has 0 unspecified atom stereocenters. The van der Waals surface area contributed by atoms with Gasteiger partial charge in [-0.2, -0.15) is 0 Å². The van der Waals surface area contributed by atoms with Crippen LogP contribution < -0.4 is 5.32 Å². The highest BCUT2D eigenvalue weighted by atomic mass is 32.1. The van der Waals surface area contributed by atoms with E-state index in [4.69, 9.17) is 0 Å². The molecule has 1 aliphatic heterocycles. The van der Waals surface area contributed by atoms with E-state index in [-0.39, 0.29) is 0 Å². The van der Waals surface area contributed by atoms with Gasteiger partial charge in [-0.3, -0.25) is 4.90 Å². The van der Waals surface area contributed by atoms with Crippen molar-refractivity contribution < 1.29 is 0 Å². The molecule has 1 aromatic rings. The van der Waals surface area contributed by atoms with Gasteiger partial charge in [0.2, 0.25) is 0 Å². The average molecular weight is 222 g/mol. The lowest BCUT2D eigenvalue weighted by atomic mass is 10.1. The van der Waals surface area contributed by atoms with Crippen molar-refractivity contribution >= 4 is 11.3 Å². The molecule has 0 radical (unpaired) electrons. The third kappa shape index (κ3) is 2.30. The molecule has 1 aromatic heterocycles. The Balaban J connectivity index is 2.16. The molecule has 0 saturated carbocycles. The van der Waals surface area contributed by atoms with Crippen LogP contribution in [0.5, 0.6) is 0 Å². The van der Waals surface area contributed by atoms with E-state index in [2.05, 4.69) is 41.2 Å². The SMILES string of the molecule is C=C[C@H](c1sccc1C)N1CCNCC1. The second kappa shape index (κ2) is 4.92. The fourth-order valence-corrected chi connectivity index (χ4v) is 3.13. The Hall–Kier alpha value is -0.640. The Morgan fingerprint density at radius 2 is 2.27 bits per heavy atom. The number of thiophene rings is 1. The number of hydrogen-bond acceptors (Lipinski definition) is 3. The highest BCUT2D eigenvalue weighted by Gasteiger charge is 2.21. The first-order chi connectivity index (χ1) is 7.33. The van der Waals surface area contributed by atoms with Gasteiger partial charge in [-0.15, -0.1) is 17.9 Å². The summed E-state index contributed by atoms with van der Waals surface area (Å²) >= 11 is 1.84. The van der Waals surface area contributed by atoms with Gasteiger partial charge in [0, 0.05) is 31.1 Å². The van der Waals surface area contributed by atoms with E-state index in [1.165, 1.54) is 10.4 Å². The van der Waals surface area contributed by atoms with Gasteiger partial charge in [0.1, 0.15) is 0 Å². The minimum Gasteiger partial charge on any atom is -0.314 e. The summed E-state index contributed by atoms with van der Waals surface area (Å²) in [6.45, 7) is 10.6. The topological polar surface area (TPSA) is 15.3 Å². The molecule has 0 bridgehead atoms. The summed E-state index contributed by atoms with van der Waals surface area (Å²) in [6, 6.07) is 2.60. The van der Waals surface area contributed by atoms with Gasteiger partial charge in [-0.05, 0) is 23.9 Å². The molecule has 0 aromatic carbocycles. The van der Waals surface area contributed by atoms with Crippen molar-refractivity contribution in [3.63, 3.8) is 0 Å². The molecular formula is C12H18N2S. The van der Waals surface area contributed by atoms with E-state index >= 15 is 0 Å². The van der Waals surface area contributed by atoms with Crippen LogP contribution in [0, 0.1) is 6.92 Å². The van der Waals surface area contributed by atoms with E-state index in [0.29, 0.717) is 6.04 Å². The monoisotopic (exact) mass is 222 g/mol. The van der Waals surface area contributed by atoms with Gasteiger partial charge in [-0.25, -0.2) is 0 Å². The number of nitrogens with zero attached hydrogens (tertiary/aromatic N) is 1. The highest BCUT2D eigenvalue weighted by molar-refractivity contribution is 7.10. The summed E-state index contributed by atoms with van der Waals surface area (Å²) in [4.78, 5) is 3.95. The van der Waals surface area contributed by atoms with Crippen LogP contribution in [0.3, 0.4) is 0 Å². The van der Waals surface area contributed by atoms with Gasteiger partial charge in [0.25, 0.3) is 0 Å². The highest BCUT2D eigenvalue weighted by Crippen LogP contribution is 2.29. The van der Waals surface area contributed by atoms with Crippen LogP contribution in [0.25, 0.3) is 0 Å². The van der Waals surface area contributed by atoms with Crippen LogP contribution in [0.1, 0.15) is 16.5 Å². The Bertz CT molecular complexity index is 326. The molecule has 82 valence electrons. The molecule has 0 spiro atoms. The molecule has 0 aliphatic carbocycles. The molecular weight excluding hydrogens is 204 g/mol. The maximum atomic E-state index is 3.98.